The van der Waals surface area contributed by atoms with Gasteiger partial charge < -0.3 is 15.3 Å². The summed E-state index contributed by atoms with van der Waals surface area (Å²) in [6.07, 6.45) is -4.96. The van der Waals surface area contributed by atoms with E-state index in [0.29, 0.717) is 32.7 Å². The summed E-state index contributed by atoms with van der Waals surface area (Å²) in [7, 11) is 0. The molecule has 128 valence electrons. The SMILES string of the molecule is C[C@@H](O)CN1CCN(C(=O)Nc2ccccc2C(F)(F)F)CC1. The van der Waals surface area contributed by atoms with Gasteiger partial charge in [0.1, 0.15) is 0 Å². The number of anilines is 1. The van der Waals surface area contributed by atoms with Gasteiger partial charge in [0.15, 0.2) is 0 Å². The lowest BCUT2D eigenvalue weighted by atomic mass is 10.1. The molecule has 5 nitrogen and oxygen atoms in total. The van der Waals surface area contributed by atoms with Crippen molar-refractivity contribution in [2.45, 2.75) is 19.2 Å². The van der Waals surface area contributed by atoms with Crippen molar-refractivity contribution in [3.8, 4) is 0 Å². The first-order valence-corrected chi connectivity index (χ1v) is 7.40. The summed E-state index contributed by atoms with van der Waals surface area (Å²) in [6.45, 7) is 4.19. The number of amides is 2. The van der Waals surface area contributed by atoms with Crippen molar-refractivity contribution in [1.82, 2.24) is 9.80 Å². The highest BCUT2D eigenvalue weighted by Gasteiger charge is 2.34. The number of nitrogens with zero attached hydrogens (tertiary/aromatic N) is 2. The molecule has 0 radical (unpaired) electrons. The number of aliphatic hydroxyl groups is 1. The maximum Gasteiger partial charge on any atom is 0.418 e. The van der Waals surface area contributed by atoms with Gasteiger partial charge in [-0.2, -0.15) is 13.2 Å². The number of hydrogen-bond acceptors (Lipinski definition) is 3. The number of para-hydroxylation sites is 1. The van der Waals surface area contributed by atoms with Gasteiger partial charge in [-0.05, 0) is 19.1 Å². The average Bonchev–Trinajstić information content (AvgIpc) is 2.46. The van der Waals surface area contributed by atoms with Crippen molar-refractivity contribution >= 4 is 11.7 Å². The van der Waals surface area contributed by atoms with Crippen molar-refractivity contribution in [1.29, 1.82) is 0 Å². The lowest BCUT2D eigenvalue weighted by molar-refractivity contribution is -0.136. The molecule has 1 heterocycles. The first kappa shape index (κ1) is 17.6. The predicted octanol–water partition coefficient (Wildman–Crippen LogP) is 2.24. The lowest BCUT2D eigenvalue weighted by Gasteiger charge is -2.35. The topological polar surface area (TPSA) is 55.8 Å². The third-order valence-corrected chi connectivity index (χ3v) is 3.66. The maximum atomic E-state index is 12.9. The van der Waals surface area contributed by atoms with Crippen LogP contribution in [0.4, 0.5) is 23.7 Å². The third kappa shape index (κ3) is 4.84. The Morgan fingerprint density at radius 1 is 1.26 bits per heavy atom. The van der Waals surface area contributed by atoms with Crippen LogP contribution in [0.25, 0.3) is 0 Å². The highest BCUT2D eigenvalue weighted by molar-refractivity contribution is 5.90. The van der Waals surface area contributed by atoms with Gasteiger partial charge >= 0.3 is 12.2 Å². The quantitative estimate of drug-likeness (QED) is 0.893. The lowest BCUT2D eigenvalue weighted by Crippen LogP contribution is -2.51. The molecule has 8 heteroatoms. The molecule has 2 amide bonds. The van der Waals surface area contributed by atoms with Crippen molar-refractivity contribution in [3.05, 3.63) is 29.8 Å². The predicted molar refractivity (Wildman–Crippen MR) is 80.2 cm³/mol. The second kappa shape index (κ2) is 7.18. The number of aliphatic hydroxyl groups excluding tert-OH is 1. The van der Waals surface area contributed by atoms with Gasteiger partial charge in [0.2, 0.25) is 0 Å². The van der Waals surface area contributed by atoms with Crippen LogP contribution in [0.1, 0.15) is 12.5 Å². The number of β-amino-alcohol motifs (C(OH)–C–C–N with tert-alkyl or cyclic N) is 1. The van der Waals surface area contributed by atoms with Crippen LogP contribution in [0, 0.1) is 0 Å². The molecule has 23 heavy (non-hydrogen) atoms. The zero-order valence-electron chi connectivity index (χ0n) is 12.8. The molecular formula is C15H20F3N3O2. The van der Waals surface area contributed by atoms with E-state index < -0.39 is 23.9 Å². The molecule has 0 aromatic heterocycles. The molecule has 0 aliphatic carbocycles. The number of piperazine rings is 1. The van der Waals surface area contributed by atoms with Crippen molar-refractivity contribution in [3.63, 3.8) is 0 Å². The summed E-state index contributed by atoms with van der Waals surface area (Å²) in [5.74, 6) is 0. The van der Waals surface area contributed by atoms with E-state index in [1.54, 1.807) is 6.92 Å². The molecule has 1 aromatic rings. The van der Waals surface area contributed by atoms with E-state index >= 15 is 0 Å². The Bertz CT molecular complexity index is 541. The molecule has 1 aliphatic rings. The minimum Gasteiger partial charge on any atom is -0.392 e. The fourth-order valence-corrected chi connectivity index (χ4v) is 2.54. The Morgan fingerprint density at radius 3 is 2.43 bits per heavy atom. The van der Waals surface area contributed by atoms with Gasteiger partial charge in [-0.15, -0.1) is 0 Å². The molecule has 1 saturated heterocycles. The van der Waals surface area contributed by atoms with Crippen LogP contribution in [0.15, 0.2) is 24.3 Å². The second-order valence-corrected chi connectivity index (χ2v) is 5.61. The van der Waals surface area contributed by atoms with E-state index in [1.165, 1.54) is 23.1 Å². The van der Waals surface area contributed by atoms with E-state index in [0.717, 1.165) is 6.07 Å². The number of rotatable bonds is 3. The van der Waals surface area contributed by atoms with Gasteiger partial charge in [-0.1, -0.05) is 12.1 Å². The Morgan fingerprint density at radius 2 is 1.87 bits per heavy atom. The van der Waals surface area contributed by atoms with E-state index in [9.17, 15) is 23.1 Å². The highest BCUT2D eigenvalue weighted by Crippen LogP contribution is 2.34. The fraction of sp³-hybridized carbons (Fsp3) is 0.533. The Labute approximate surface area is 132 Å². The highest BCUT2D eigenvalue weighted by atomic mass is 19.4. The first-order valence-electron chi connectivity index (χ1n) is 7.40. The van der Waals surface area contributed by atoms with E-state index in [2.05, 4.69) is 5.32 Å². The van der Waals surface area contributed by atoms with Gasteiger partial charge in [-0.25, -0.2) is 4.79 Å². The van der Waals surface area contributed by atoms with Gasteiger partial charge in [0.05, 0.1) is 17.4 Å². The molecule has 0 saturated carbocycles. The Kier molecular flexibility index (Phi) is 5.48. The maximum absolute atomic E-state index is 12.9. The number of carbonyl (C=O) groups is 1. The van der Waals surface area contributed by atoms with Crippen LogP contribution < -0.4 is 5.32 Å². The molecule has 1 atom stereocenters. The summed E-state index contributed by atoms with van der Waals surface area (Å²) >= 11 is 0. The minimum absolute atomic E-state index is 0.239. The summed E-state index contributed by atoms with van der Waals surface area (Å²) in [4.78, 5) is 15.6. The Balaban J connectivity index is 1.96. The van der Waals surface area contributed by atoms with Crippen molar-refractivity contribution in [2.24, 2.45) is 0 Å². The van der Waals surface area contributed by atoms with E-state index in [4.69, 9.17) is 0 Å². The van der Waals surface area contributed by atoms with Crippen molar-refractivity contribution < 1.29 is 23.1 Å². The van der Waals surface area contributed by atoms with Crippen LogP contribution >= 0.6 is 0 Å². The number of halogens is 3. The van der Waals surface area contributed by atoms with E-state index in [-0.39, 0.29) is 5.69 Å². The summed E-state index contributed by atoms with van der Waals surface area (Å²) < 4.78 is 38.8. The molecule has 1 aromatic carbocycles. The number of urea groups is 1. The van der Waals surface area contributed by atoms with Gasteiger partial charge in [0, 0.05) is 32.7 Å². The standard InChI is InChI=1S/C15H20F3N3O2/c1-11(22)10-20-6-8-21(9-7-20)14(23)19-13-5-3-2-4-12(13)15(16,17)18/h2-5,11,22H,6-10H2,1H3,(H,19,23)/t11-/m1/s1. The van der Waals surface area contributed by atoms with Crippen molar-refractivity contribution in [2.75, 3.05) is 38.0 Å². The third-order valence-electron chi connectivity index (χ3n) is 3.66. The molecule has 2 rings (SSSR count). The molecule has 2 N–H and O–H groups in total. The van der Waals surface area contributed by atoms with Crippen LogP contribution in [0.5, 0.6) is 0 Å². The molecule has 0 spiro atoms. The smallest absolute Gasteiger partial charge is 0.392 e. The first-order chi connectivity index (χ1) is 10.8. The number of alkyl halides is 3. The zero-order valence-corrected chi connectivity index (χ0v) is 12.8. The second-order valence-electron chi connectivity index (χ2n) is 5.61. The normalized spacial score (nSPS) is 17.9. The van der Waals surface area contributed by atoms with Crippen LogP contribution in [-0.4, -0.2) is 59.8 Å². The molecule has 1 aliphatic heterocycles. The largest absolute Gasteiger partial charge is 0.418 e. The molecule has 1 fully saturated rings. The molecule has 0 bridgehead atoms. The summed E-state index contributed by atoms with van der Waals surface area (Å²) in [5.41, 5.74) is -1.10. The summed E-state index contributed by atoms with van der Waals surface area (Å²) in [6, 6.07) is 4.37. The monoisotopic (exact) mass is 331 g/mol. The number of nitrogens with one attached hydrogen (secondary N) is 1. The fourth-order valence-electron chi connectivity index (χ4n) is 2.54. The number of carbonyl (C=O) groups excluding carboxylic acids is 1. The average molecular weight is 331 g/mol. The molecular weight excluding hydrogens is 311 g/mol. The number of hydrogen-bond donors (Lipinski definition) is 2. The van der Waals surface area contributed by atoms with Crippen LogP contribution in [0.2, 0.25) is 0 Å². The molecule has 0 unspecified atom stereocenters. The minimum atomic E-state index is -4.51. The van der Waals surface area contributed by atoms with Crippen LogP contribution in [0.3, 0.4) is 0 Å². The van der Waals surface area contributed by atoms with Gasteiger partial charge in [-0.3, -0.25) is 4.90 Å². The van der Waals surface area contributed by atoms with Crippen LogP contribution in [-0.2, 0) is 6.18 Å². The van der Waals surface area contributed by atoms with Gasteiger partial charge in [0.25, 0.3) is 0 Å². The Hall–Kier alpha value is -1.80. The van der Waals surface area contributed by atoms with E-state index in [1.807, 2.05) is 4.90 Å². The zero-order chi connectivity index (χ0) is 17.0. The summed E-state index contributed by atoms with van der Waals surface area (Å²) in [5, 5.41) is 11.7. The number of benzene rings is 1.